The maximum absolute atomic E-state index is 12.4. The van der Waals surface area contributed by atoms with Crippen LogP contribution in [0.1, 0.15) is 29.5 Å². The number of carbonyl (C=O) groups excluding carboxylic acids is 1. The Morgan fingerprint density at radius 2 is 1.57 bits per heavy atom. The topological polar surface area (TPSA) is 78.4 Å². The van der Waals surface area contributed by atoms with Gasteiger partial charge in [0, 0.05) is 26.2 Å². The minimum absolute atomic E-state index is 0.0643. The molecular formula is C30H31F3N2O5. The van der Waals surface area contributed by atoms with E-state index in [1.807, 2.05) is 42.5 Å². The lowest BCUT2D eigenvalue weighted by molar-refractivity contribution is -0.274. The molecule has 0 atom stereocenters. The molecule has 7 nitrogen and oxygen atoms in total. The number of carbonyl (C=O) groups is 1. The van der Waals surface area contributed by atoms with E-state index in [-0.39, 0.29) is 24.9 Å². The van der Waals surface area contributed by atoms with Crippen molar-refractivity contribution in [3.05, 3.63) is 95.6 Å². The van der Waals surface area contributed by atoms with Crippen molar-refractivity contribution in [2.45, 2.75) is 32.2 Å². The van der Waals surface area contributed by atoms with E-state index in [0.717, 1.165) is 37.2 Å². The van der Waals surface area contributed by atoms with Crippen molar-refractivity contribution in [3.8, 4) is 11.5 Å². The highest BCUT2D eigenvalue weighted by Gasteiger charge is 2.30. The Kier molecular flexibility index (Phi) is 10.4. The third-order valence-corrected chi connectivity index (χ3v) is 6.26. The van der Waals surface area contributed by atoms with Crippen LogP contribution in [-0.4, -0.2) is 44.3 Å². The third kappa shape index (κ3) is 9.92. The zero-order valence-electron chi connectivity index (χ0n) is 21.9. The van der Waals surface area contributed by atoms with Gasteiger partial charge in [-0.25, -0.2) is 0 Å². The van der Waals surface area contributed by atoms with Crippen molar-refractivity contribution >= 4 is 11.6 Å². The first-order valence-electron chi connectivity index (χ1n) is 13.0. The number of hydrogen-bond donors (Lipinski definition) is 1. The number of oxime groups is 1. The molecule has 1 N–H and O–H groups in total. The second kappa shape index (κ2) is 14.4. The number of halogens is 3. The highest BCUT2D eigenvalue weighted by Crippen LogP contribution is 2.23. The summed E-state index contributed by atoms with van der Waals surface area (Å²) in [7, 11) is 0. The fourth-order valence-corrected chi connectivity index (χ4v) is 4.10. The Hall–Kier alpha value is -4.05. The minimum atomic E-state index is -4.74. The van der Waals surface area contributed by atoms with Crippen LogP contribution in [-0.2, 0) is 27.4 Å². The first kappa shape index (κ1) is 28.9. The molecule has 1 saturated heterocycles. The summed E-state index contributed by atoms with van der Waals surface area (Å²) in [6, 6.07) is 22.4. The Balaban J connectivity index is 1.34. The number of hydrogen-bond acceptors (Lipinski definition) is 6. The van der Waals surface area contributed by atoms with Crippen LogP contribution in [0.25, 0.3) is 0 Å². The molecule has 0 spiro atoms. The van der Waals surface area contributed by atoms with E-state index in [0.29, 0.717) is 35.9 Å². The van der Waals surface area contributed by atoms with Crippen molar-refractivity contribution in [2.24, 2.45) is 11.1 Å². The number of ether oxygens (including phenoxy) is 3. The molecule has 1 aliphatic heterocycles. The van der Waals surface area contributed by atoms with Crippen LogP contribution in [0.4, 0.5) is 13.2 Å². The molecule has 0 radical (unpaired) electrons. The van der Waals surface area contributed by atoms with E-state index in [1.165, 1.54) is 24.3 Å². The van der Waals surface area contributed by atoms with Crippen LogP contribution in [0, 0.1) is 5.92 Å². The maximum atomic E-state index is 12.4. The number of alkyl halides is 3. The first-order chi connectivity index (χ1) is 19.3. The molecule has 1 heterocycles. The third-order valence-electron chi connectivity index (χ3n) is 6.26. The second-order valence-electron chi connectivity index (χ2n) is 9.34. The molecule has 40 heavy (non-hydrogen) atoms. The van der Waals surface area contributed by atoms with E-state index >= 15 is 0 Å². The maximum Gasteiger partial charge on any atom is 0.573 e. The molecule has 10 heteroatoms. The summed E-state index contributed by atoms with van der Waals surface area (Å²) >= 11 is 0. The lowest BCUT2D eigenvalue weighted by atomic mass is 10.0. The van der Waals surface area contributed by atoms with E-state index < -0.39 is 6.36 Å². The summed E-state index contributed by atoms with van der Waals surface area (Å²) in [6.45, 7) is 2.07. The van der Waals surface area contributed by atoms with Crippen molar-refractivity contribution < 1.29 is 37.0 Å². The Morgan fingerprint density at radius 3 is 2.25 bits per heavy atom. The van der Waals surface area contributed by atoms with Crippen molar-refractivity contribution in [1.82, 2.24) is 5.32 Å². The first-order valence-corrected chi connectivity index (χ1v) is 13.0. The fourth-order valence-electron chi connectivity index (χ4n) is 4.10. The predicted molar refractivity (Wildman–Crippen MR) is 143 cm³/mol. The van der Waals surface area contributed by atoms with Crippen LogP contribution < -0.4 is 14.8 Å². The second-order valence-corrected chi connectivity index (χ2v) is 9.34. The molecule has 1 amide bonds. The van der Waals surface area contributed by atoms with Gasteiger partial charge in [-0.3, -0.25) is 4.79 Å². The molecule has 0 bridgehead atoms. The quantitative estimate of drug-likeness (QED) is 0.230. The molecule has 3 aromatic carbocycles. The SMILES string of the molecule is O=C(COc1ccc(C(Cc2ccccc2)=NOCc2ccc(OC(F)(F)F)cc2)cc1)NCC1CCOCC1. The fraction of sp³-hybridized carbons (Fsp3) is 0.333. The number of rotatable bonds is 12. The molecular weight excluding hydrogens is 525 g/mol. The zero-order valence-corrected chi connectivity index (χ0v) is 21.9. The van der Waals surface area contributed by atoms with E-state index in [1.54, 1.807) is 12.1 Å². The van der Waals surface area contributed by atoms with Gasteiger partial charge in [0.05, 0.1) is 5.71 Å². The van der Waals surface area contributed by atoms with Gasteiger partial charge in [-0.05, 0) is 71.8 Å². The molecule has 0 aromatic heterocycles. The summed E-state index contributed by atoms with van der Waals surface area (Å²) in [5.74, 6) is 0.507. The van der Waals surface area contributed by atoms with Gasteiger partial charge in [-0.2, -0.15) is 0 Å². The van der Waals surface area contributed by atoms with Gasteiger partial charge >= 0.3 is 6.36 Å². The smallest absolute Gasteiger partial charge is 0.484 e. The molecule has 0 saturated carbocycles. The predicted octanol–water partition coefficient (Wildman–Crippen LogP) is 5.67. The zero-order chi connectivity index (χ0) is 28.2. The number of amides is 1. The highest BCUT2D eigenvalue weighted by atomic mass is 19.4. The van der Waals surface area contributed by atoms with Gasteiger partial charge in [-0.15, -0.1) is 13.2 Å². The Morgan fingerprint density at radius 1 is 0.900 bits per heavy atom. The normalized spacial score (nSPS) is 14.4. The molecule has 4 rings (SSSR count). The lowest BCUT2D eigenvalue weighted by Gasteiger charge is -2.22. The van der Waals surface area contributed by atoms with Gasteiger partial charge < -0.3 is 24.4 Å². The summed E-state index contributed by atoms with van der Waals surface area (Å²) in [6.07, 6.45) is -2.36. The summed E-state index contributed by atoms with van der Waals surface area (Å²) < 4.78 is 52.0. The highest BCUT2D eigenvalue weighted by molar-refractivity contribution is 6.01. The number of nitrogens with one attached hydrogen (secondary N) is 1. The molecule has 0 unspecified atom stereocenters. The van der Waals surface area contributed by atoms with Crippen LogP contribution in [0.3, 0.4) is 0 Å². The van der Waals surface area contributed by atoms with Crippen molar-refractivity contribution in [3.63, 3.8) is 0 Å². The van der Waals surface area contributed by atoms with Gasteiger partial charge in [0.2, 0.25) is 0 Å². The summed E-state index contributed by atoms with van der Waals surface area (Å²) in [5, 5.41) is 7.25. The van der Waals surface area contributed by atoms with Gasteiger partial charge in [0.15, 0.2) is 6.61 Å². The van der Waals surface area contributed by atoms with E-state index in [2.05, 4.69) is 15.2 Å². The minimum Gasteiger partial charge on any atom is -0.484 e. The molecule has 3 aromatic rings. The average molecular weight is 557 g/mol. The van der Waals surface area contributed by atoms with Crippen LogP contribution in [0.5, 0.6) is 11.5 Å². The van der Waals surface area contributed by atoms with Gasteiger partial charge in [0.1, 0.15) is 18.1 Å². The Labute approximate surface area is 230 Å². The van der Waals surface area contributed by atoms with Crippen molar-refractivity contribution in [1.29, 1.82) is 0 Å². The lowest BCUT2D eigenvalue weighted by Crippen LogP contribution is -2.35. The average Bonchev–Trinajstić information content (AvgIpc) is 2.96. The van der Waals surface area contributed by atoms with Crippen LogP contribution in [0.2, 0.25) is 0 Å². The Bertz CT molecular complexity index is 1230. The van der Waals surface area contributed by atoms with E-state index in [9.17, 15) is 18.0 Å². The van der Waals surface area contributed by atoms with Crippen LogP contribution >= 0.6 is 0 Å². The van der Waals surface area contributed by atoms with E-state index in [4.69, 9.17) is 14.3 Å². The van der Waals surface area contributed by atoms with Crippen molar-refractivity contribution in [2.75, 3.05) is 26.4 Å². The number of benzene rings is 3. The van der Waals surface area contributed by atoms with Gasteiger partial charge in [-0.1, -0.05) is 47.6 Å². The molecule has 1 fully saturated rings. The van der Waals surface area contributed by atoms with Gasteiger partial charge in [0.25, 0.3) is 5.91 Å². The number of nitrogens with zero attached hydrogens (tertiary/aromatic N) is 1. The van der Waals surface area contributed by atoms with Crippen LogP contribution in [0.15, 0.2) is 84.0 Å². The molecule has 212 valence electrons. The monoisotopic (exact) mass is 556 g/mol. The molecule has 0 aliphatic carbocycles. The summed E-state index contributed by atoms with van der Waals surface area (Å²) in [4.78, 5) is 17.8. The standard InChI is InChI=1S/C30H31F3N2O5/c31-30(32,33)40-27-10-6-24(7-11-27)20-39-35-28(18-22-4-2-1-3-5-22)25-8-12-26(13-9-25)38-21-29(36)34-19-23-14-16-37-17-15-23/h1-13,23H,14-21H2,(H,34,36). The largest absolute Gasteiger partial charge is 0.573 e. The molecule has 1 aliphatic rings. The summed E-state index contributed by atoms with van der Waals surface area (Å²) in [5.41, 5.74) is 3.12.